The molecule has 1 unspecified atom stereocenters. The topological polar surface area (TPSA) is 26.0 Å². The maximum atomic E-state index is 13.9. The second kappa shape index (κ2) is 4.88. The van der Waals surface area contributed by atoms with Crippen molar-refractivity contribution in [2.45, 2.75) is 37.9 Å². The van der Waals surface area contributed by atoms with Crippen LogP contribution in [0.5, 0.6) is 0 Å². The van der Waals surface area contributed by atoms with Crippen LogP contribution in [0.4, 0.5) is 17.6 Å². The molecule has 2 N–H and O–H groups in total. The predicted molar refractivity (Wildman–Crippen MR) is 60.3 cm³/mol. The second-order valence-corrected chi connectivity index (χ2v) is 4.78. The van der Waals surface area contributed by atoms with E-state index in [1.54, 1.807) is 0 Å². The fourth-order valence-corrected chi connectivity index (χ4v) is 2.60. The first-order chi connectivity index (χ1) is 8.41. The number of halogens is 4. The Morgan fingerprint density at radius 3 is 2.33 bits per heavy atom. The van der Waals surface area contributed by atoms with Crippen molar-refractivity contribution in [3.8, 4) is 0 Å². The van der Waals surface area contributed by atoms with Gasteiger partial charge >= 0.3 is 6.18 Å². The maximum Gasteiger partial charge on any atom is 0.419 e. The average molecular weight is 261 g/mol. The van der Waals surface area contributed by atoms with Crippen LogP contribution < -0.4 is 5.73 Å². The Morgan fingerprint density at radius 2 is 1.78 bits per heavy atom. The number of hydrogen-bond donors (Lipinski definition) is 1. The molecule has 1 aromatic rings. The van der Waals surface area contributed by atoms with E-state index in [1.807, 2.05) is 0 Å². The smallest absolute Gasteiger partial charge is 0.324 e. The van der Waals surface area contributed by atoms with Gasteiger partial charge < -0.3 is 5.73 Å². The highest BCUT2D eigenvalue weighted by molar-refractivity contribution is 5.30. The third-order valence-corrected chi connectivity index (χ3v) is 3.60. The van der Waals surface area contributed by atoms with E-state index in [0.29, 0.717) is 0 Å². The van der Waals surface area contributed by atoms with E-state index in [2.05, 4.69) is 0 Å². The van der Waals surface area contributed by atoms with Crippen molar-refractivity contribution in [1.82, 2.24) is 0 Å². The first-order valence-electron chi connectivity index (χ1n) is 6.02. The second-order valence-electron chi connectivity index (χ2n) is 4.78. The van der Waals surface area contributed by atoms with Crippen molar-refractivity contribution in [3.05, 3.63) is 35.1 Å². The van der Waals surface area contributed by atoms with Gasteiger partial charge in [-0.05, 0) is 24.8 Å². The molecule has 100 valence electrons. The molecule has 2 rings (SSSR count). The quantitative estimate of drug-likeness (QED) is 0.799. The summed E-state index contributed by atoms with van der Waals surface area (Å²) in [5.41, 5.74) is 4.66. The lowest BCUT2D eigenvalue weighted by atomic mass is 9.91. The zero-order valence-corrected chi connectivity index (χ0v) is 9.80. The molecule has 0 bridgehead atoms. The normalized spacial score (nSPS) is 19.2. The SMILES string of the molecule is NC(c1cccc(C(F)(F)F)c1F)C1CCCC1. The van der Waals surface area contributed by atoms with Gasteiger partial charge in [-0.3, -0.25) is 0 Å². The fraction of sp³-hybridized carbons (Fsp3) is 0.538. The lowest BCUT2D eigenvalue weighted by molar-refractivity contribution is -0.140. The van der Waals surface area contributed by atoms with Crippen LogP contribution >= 0.6 is 0 Å². The number of rotatable bonds is 2. The molecule has 0 spiro atoms. The molecule has 1 aromatic carbocycles. The van der Waals surface area contributed by atoms with Crippen molar-refractivity contribution in [1.29, 1.82) is 0 Å². The summed E-state index contributed by atoms with van der Waals surface area (Å²) >= 11 is 0. The van der Waals surface area contributed by atoms with Gasteiger partial charge in [-0.1, -0.05) is 25.0 Å². The van der Waals surface area contributed by atoms with Gasteiger partial charge in [-0.25, -0.2) is 4.39 Å². The van der Waals surface area contributed by atoms with Gasteiger partial charge in [0.25, 0.3) is 0 Å². The molecule has 1 nitrogen and oxygen atoms in total. The van der Waals surface area contributed by atoms with Gasteiger partial charge in [-0.15, -0.1) is 0 Å². The van der Waals surface area contributed by atoms with Gasteiger partial charge in [0.1, 0.15) is 5.82 Å². The fourth-order valence-electron chi connectivity index (χ4n) is 2.60. The minimum absolute atomic E-state index is 0.0169. The van der Waals surface area contributed by atoms with Crippen LogP contribution in [0, 0.1) is 11.7 Å². The molecule has 1 aliphatic carbocycles. The molecule has 1 saturated carbocycles. The molecular weight excluding hydrogens is 246 g/mol. The monoisotopic (exact) mass is 261 g/mol. The first-order valence-corrected chi connectivity index (χ1v) is 6.02. The standard InChI is InChI=1S/C13H15F4N/c14-11-9(12(18)8-4-1-2-5-8)6-3-7-10(11)13(15,16)17/h3,6-8,12H,1-2,4-5,18H2. The molecule has 5 heteroatoms. The summed E-state index contributed by atoms with van der Waals surface area (Å²) in [6.45, 7) is 0. The van der Waals surface area contributed by atoms with E-state index in [0.717, 1.165) is 31.7 Å². The maximum absolute atomic E-state index is 13.9. The molecule has 0 amide bonds. The lowest BCUT2D eigenvalue weighted by Gasteiger charge is -2.21. The summed E-state index contributed by atoms with van der Waals surface area (Å²) < 4.78 is 51.6. The molecular formula is C13H15F4N. The molecule has 1 fully saturated rings. The highest BCUT2D eigenvalue weighted by Crippen LogP contribution is 2.38. The van der Waals surface area contributed by atoms with Crippen LogP contribution in [0.15, 0.2) is 18.2 Å². The average Bonchev–Trinajstić information content (AvgIpc) is 2.80. The third kappa shape index (κ3) is 2.51. The van der Waals surface area contributed by atoms with E-state index in [1.165, 1.54) is 12.1 Å². The van der Waals surface area contributed by atoms with Crippen LogP contribution in [0.25, 0.3) is 0 Å². The summed E-state index contributed by atoms with van der Waals surface area (Å²) in [5.74, 6) is -1.13. The van der Waals surface area contributed by atoms with Crippen LogP contribution in [0.3, 0.4) is 0 Å². The zero-order valence-electron chi connectivity index (χ0n) is 9.80. The predicted octanol–water partition coefficient (Wildman–Crippen LogP) is 4.03. The Hall–Kier alpha value is -1.10. The van der Waals surface area contributed by atoms with E-state index < -0.39 is 23.6 Å². The summed E-state index contributed by atoms with van der Waals surface area (Å²) in [4.78, 5) is 0. The van der Waals surface area contributed by atoms with E-state index in [9.17, 15) is 17.6 Å². The van der Waals surface area contributed by atoms with Gasteiger partial charge in [0.05, 0.1) is 5.56 Å². The molecule has 0 saturated heterocycles. The van der Waals surface area contributed by atoms with Crippen molar-refractivity contribution in [3.63, 3.8) is 0 Å². The highest BCUT2D eigenvalue weighted by atomic mass is 19.4. The Balaban J connectivity index is 2.33. The molecule has 0 heterocycles. The summed E-state index contributed by atoms with van der Waals surface area (Å²) in [7, 11) is 0. The summed E-state index contributed by atoms with van der Waals surface area (Å²) in [5, 5.41) is 0. The Labute approximate surface area is 103 Å². The minimum atomic E-state index is -4.67. The molecule has 0 radical (unpaired) electrons. The van der Waals surface area contributed by atoms with Crippen LogP contribution in [-0.4, -0.2) is 0 Å². The van der Waals surface area contributed by atoms with E-state index >= 15 is 0 Å². The van der Waals surface area contributed by atoms with Crippen molar-refractivity contribution in [2.75, 3.05) is 0 Å². The number of alkyl halides is 3. The van der Waals surface area contributed by atoms with E-state index in [4.69, 9.17) is 5.73 Å². The molecule has 1 atom stereocenters. The van der Waals surface area contributed by atoms with Crippen LogP contribution in [0.2, 0.25) is 0 Å². The molecule has 0 aromatic heterocycles. The number of nitrogens with two attached hydrogens (primary N) is 1. The Bertz CT molecular complexity index is 421. The minimum Gasteiger partial charge on any atom is -0.324 e. The summed E-state index contributed by atoms with van der Waals surface area (Å²) in [6, 6.07) is 2.68. The largest absolute Gasteiger partial charge is 0.419 e. The Kier molecular flexibility index (Phi) is 3.61. The van der Waals surface area contributed by atoms with Gasteiger partial charge in [-0.2, -0.15) is 13.2 Å². The number of hydrogen-bond acceptors (Lipinski definition) is 1. The zero-order chi connectivity index (χ0) is 13.3. The molecule has 0 aliphatic heterocycles. The van der Waals surface area contributed by atoms with Crippen LogP contribution in [-0.2, 0) is 6.18 Å². The van der Waals surface area contributed by atoms with Gasteiger partial charge in [0.2, 0.25) is 0 Å². The van der Waals surface area contributed by atoms with Crippen molar-refractivity contribution < 1.29 is 17.6 Å². The van der Waals surface area contributed by atoms with Gasteiger partial charge in [0, 0.05) is 11.6 Å². The summed E-state index contributed by atoms with van der Waals surface area (Å²) in [6.07, 6.45) is -0.929. The van der Waals surface area contributed by atoms with Crippen molar-refractivity contribution >= 4 is 0 Å². The number of benzene rings is 1. The Morgan fingerprint density at radius 1 is 1.17 bits per heavy atom. The third-order valence-electron chi connectivity index (χ3n) is 3.60. The molecule has 18 heavy (non-hydrogen) atoms. The van der Waals surface area contributed by atoms with E-state index in [-0.39, 0.29) is 11.5 Å². The molecule has 1 aliphatic rings. The van der Waals surface area contributed by atoms with Gasteiger partial charge in [0.15, 0.2) is 0 Å². The lowest BCUT2D eigenvalue weighted by Crippen LogP contribution is -2.22. The highest BCUT2D eigenvalue weighted by Gasteiger charge is 2.36. The first kappa shape index (κ1) is 13.3. The van der Waals surface area contributed by atoms with Crippen LogP contribution in [0.1, 0.15) is 42.9 Å². The van der Waals surface area contributed by atoms with Crippen molar-refractivity contribution in [2.24, 2.45) is 11.7 Å².